The molecule has 1 amide bonds. The van der Waals surface area contributed by atoms with Crippen LogP contribution in [-0.4, -0.2) is 41.3 Å². The summed E-state index contributed by atoms with van der Waals surface area (Å²) in [6.07, 6.45) is 0.126. The van der Waals surface area contributed by atoms with Crippen LogP contribution < -0.4 is 9.47 Å². The Morgan fingerprint density at radius 2 is 2.00 bits per heavy atom. The summed E-state index contributed by atoms with van der Waals surface area (Å²) in [7, 11) is 3.02. The number of methoxy groups -OCH3 is 2. The number of carbonyl (C=O) groups is 1. The molecule has 0 bridgehead atoms. The number of ether oxygens (including phenoxy) is 2. The van der Waals surface area contributed by atoms with E-state index in [9.17, 15) is 10.0 Å². The zero-order valence-electron chi connectivity index (χ0n) is 10.5. The van der Waals surface area contributed by atoms with E-state index >= 15 is 0 Å². The number of rotatable bonds is 3. The van der Waals surface area contributed by atoms with Crippen molar-refractivity contribution in [2.45, 2.75) is 12.5 Å². The van der Waals surface area contributed by atoms with Crippen LogP contribution in [0.2, 0.25) is 0 Å². The Bertz CT molecular complexity index is 529. The van der Waals surface area contributed by atoms with Gasteiger partial charge in [-0.05, 0) is 17.7 Å². The van der Waals surface area contributed by atoms with Crippen molar-refractivity contribution in [2.24, 2.45) is 5.16 Å². The van der Waals surface area contributed by atoms with Gasteiger partial charge in [0.2, 0.25) is 0 Å². The van der Waals surface area contributed by atoms with E-state index in [1.807, 2.05) is 0 Å². The van der Waals surface area contributed by atoms with E-state index in [2.05, 4.69) is 5.16 Å². The molecule has 0 aliphatic carbocycles. The van der Waals surface area contributed by atoms with Crippen molar-refractivity contribution < 1.29 is 24.7 Å². The summed E-state index contributed by atoms with van der Waals surface area (Å²) in [5.41, 5.74) is 0.578. The maximum atomic E-state index is 11.5. The summed E-state index contributed by atoms with van der Waals surface area (Å²) >= 11 is 0. The Labute approximate surface area is 109 Å². The molecule has 7 heteroatoms. The fourth-order valence-electron chi connectivity index (χ4n) is 2.03. The molecule has 1 heterocycles. The molecule has 0 saturated carbocycles. The van der Waals surface area contributed by atoms with Crippen LogP contribution in [0, 0.1) is 0 Å². The van der Waals surface area contributed by atoms with E-state index < -0.39 is 11.9 Å². The zero-order chi connectivity index (χ0) is 14.0. The molecule has 0 radical (unpaired) electrons. The van der Waals surface area contributed by atoms with E-state index in [0.29, 0.717) is 22.1 Å². The van der Waals surface area contributed by atoms with E-state index in [4.69, 9.17) is 14.7 Å². The quantitative estimate of drug-likeness (QED) is 0.487. The molecule has 2 N–H and O–H groups in total. The molecular weight excluding hydrogens is 252 g/mol. The molecule has 1 aliphatic rings. The van der Waals surface area contributed by atoms with Crippen LogP contribution in [0.25, 0.3) is 0 Å². The number of hydrogen-bond acceptors (Lipinski definition) is 6. The minimum Gasteiger partial charge on any atom is -0.493 e. The minimum atomic E-state index is -0.706. The van der Waals surface area contributed by atoms with E-state index in [0.717, 1.165) is 0 Å². The Kier molecular flexibility index (Phi) is 3.57. The van der Waals surface area contributed by atoms with Gasteiger partial charge in [-0.2, -0.15) is 0 Å². The van der Waals surface area contributed by atoms with Crippen LogP contribution in [0.5, 0.6) is 11.5 Å². The summed E-state index contributed by atoms with van der Waals surface area (Å²) in [4.78, 5) is 11.5. The van der Waals surface area contributed by atoms with Crippen molar-refractivity contribution in [2.75, 3.05) is 14.2 Å². The van der Waals surface area contributed by atoms with Crippen LogP contribution in [0.4, 0.5) is 0 Å². The predicted molar refractivity (Wildman–Crippen MR) is 64.8 cm³/mol. The molecule has 1 aliphatic heterocycles. The van der Waals surface area contributed by atoms with Crippen molar-refractivity contribution >= 4 is 11.6 Å². The van der Waals surface area contributed by atoms with E-state index in [1.54, 1.807) is 18.2 Å². The fourth-order valence-corrected chi connectivity index (χ4v) is 2.03. The second kappa shape index (κ2) is 5.15. The smallest absolute Gasteiger partial charge is 0.295 e. The van der Waals surface area contributed by atoms with Crippen LogP contribution in [0.1, 0.15) is 18.0 Å². The molecule has 2 rings (SSSR count). The number of amides is 1. The maximum absolute atomic E-state index is 11.5. The van der Waals surface area contributed by atoms with Gasteiger partial charge in [-0.1, -0.05) is 11.2 Å². The highest BCUT2D eigenvalue weighted by molar-refractivity contribution is 6.40. The average Bonchev–Trinajstić information content (AvgIpc) is 2.74. The molecule has 1 unspecified atom stereocenters. The summed E-state index contributed by atoms with van der Waals surface area (Å²) in [5.74, 6) is 0.341. The van der Waals surface area contributed by atoms with Gasteiger partial charge in [0.25, 0.3) is 5.91 Å². The highest BCUT2D eigenvalue weighted by atomic mass is 16.5. The molecule has 1 atom stereocenters. The zero-order valence-corrected chi connectivity index (χ0v) is 10.5. The Hall–Kier alpha value is -2.28. The second-order valence-corrected chi connectivity index (χ2v) is 4.03. The summed E-state index contributed by atoms with van der Waals surface area (Å²) < 4.78 is 10.3. The molecule has 1 aromatic carbocycles. The van der Waals surface area contributed by atoms with Gasteiger partial charge < -0.3 is 14.7 Å². The van der Waals surface area contributed by atoms with Crippen LogP contribution in [0.3, 0.4) is 0 Å². The van der Waals surface area contributed by atoms with Gasteiger partial charge in [0.05, 0.1) is 20.3 Å². The summed E-state index contributed by atoms with van der Waals surface area (Å²) in [6, 6.07) is 4.46. The van der Waals surface area contributed by atoms with Gasteiger partial charge >= 0.3 is 0 Å². The summed E-state index contributed by atoms with van der Waals surface area (Å²) in [5, 5.41) is 21.8. The number of hydrogen-bond donors (Lipinski definition) is 2. The highest BCUT2D eigenvalue weighted by Gasteiger charge is 2.37. The molecule has 1 fully saturated rings. The number of nitrogens with zero attached hydrogens (tertiary/aromatic N) is 2. The summed E-state index contributed by atoms with van der Waals surface area (Å²) in [6.45, 7) is 0. The van der Waals surface area contributed by atoms with Crippen molar-refractivity contribution in [3.8, 4) is 11.5 Å². The van der Waals surface area contributed by atoms with Crippen molar-refractivity contribution in [1.29, 1.82) is 0 Å². The molecule has 7 nitrogen and oxygen atoms in total. The molecular formula is C12H14N2O5. The lowest BCUT2D eigenvalue weighted by molar-refractivity contribution is -0.162. The van der Waals surface area contributed by atoms with Gasteiger partial charge in [-0.15, -0.1) is 0 Å². The van der Waals surface area contributed by atoms with E-state index in [-0.39, 0.29) is 12.1 Å². The van der Waals surface area contributed by atoms with Crippen LogP contribution >= 0.6 is 0 Å². The second-order valence-electron chi connectivity index (χ2n) is 4.03. The topological polar surface area (TPSA) is 91.6 Å². The Morgan fingerprint density at radius 3 is 2.53 bits per heavy atom. The number of oxime groups is 1. The van der Waals surface area contributed by atoms with Gasteiger partial charge in [0.15, 0.2) is 11.5 Å². The van der Waals surface area contributed by atoms with Crippen LogP contribution in [0.15, 0.2) is 23.4 Å². The molecule has 1 saturated heterocycles. The van der Waals surface area contributed by atoms with Gasteiger partial charge in [-0.3, -0.25) is 10.0 Å². The molecule has 19 heavy (non-hydrogen) atoms. The highest BCUT2D eigenvalue weighted by Crippen LogP contribution is 2.35. The lowest BCUT2D eigenvalue weighted by atomic mass is 10.0. The van der Waals surface area contributed by atoms with E-state index in [1.165, 1.54) is 14.2 Å². The lowest BCUT2D eigenvalue weighted by Gasteiger charge is -2.18. The lowest BCUT2D eigenvalue weighted by Crippen LogP contribution is -2.25. The van der Waals surface area contributed by atoms with Crippen molar-refractivity contribution in [3.63, 3.8) is 0 Å². The minimum absolute atomic E-state index is 0.0812. The van der Waals surface area contributed by atoms with Gasteiger partial charge in [0, 0.05) is 6.42 Å². The maximum Gasteiger partial charge on any atom is 0.295 e. The van der Waals surface area contributed by atoms with Gasteiger partial charge in [0.1, 0.15) is 5.71 Å². The first kappa shape index (κ1) is 13.2. The van der Waals surface area contributed by atoms with Crippen LogP contribution in [-0.2, 0) is 4.79 Å². The monoisotopic (exact) mass is 266 g/mol. The molecule has 0 spiro atoms. The standard InChI is InChI=1S/C12H14N2O5/c1-18-10-4-3-7(5-11(10)19-2)9-6-8(13-16)12(15)14(9)17/h3-5,9,16-17H,6H2,1-2H3. The molecule has 0 aromatic heterocycles. The Balaban J connectivity index is 2.35. The first-order chi connectivity index (χ1) is 9.12. The molecule has 102 valence electrons. The number of carbonyl (C=O) groups excluding carboxylic acids is 1. The van der Waals surface area contributed by atoms with Crippen molar-refractivity contribution in [3.05, 3.63) is 23.8 Å². The first-order valence-electron chi connectivity index (χ1n) is 5.57. The SMILES string of the molecule is COc1ccc(C2CC(=NO)C(=O)N2O)cc1OC. The fraction of sp³-hybridized carbons (Fsp3) is 0.333. The number of hydroxylamine groups is 2. The number of benzene rings is 1. The third kappa shape index (κ3) is 2.19. The largest absolute Gasteiger partial charge is 0.493 e. The first-order valence-corrected chi connectivity index (χ1v) is 5.57. The normalized spacial score (nSPS) is 21.0. The average molecular weight is 266 g/mol. The Morgan fingerprint density at radius 1 is 1.32 bits per heavy atom. The third-order valence-electron chi connectivity index (χ3n) is 3.05. The third-order valence-corrected chi connectivity index (χ3v) is 3.05. The predicted octanol–water partition coefficient (Wildman–Crippen LogP) is 1.20. The van der Waals surface area contributed by atoms with Crippen molar-refractivity contribution in [1.82, 2.24) is 5.06 Å². The molecule has 1 aromatic rings. The van der Waals surface area contributed by atoms with Gasteiger partial charge in [-0.25, -0.2) is 5.06 Å².